The molecular formula is C14H22N2O2. The highest BCUT2D eigenvalue weighted by atomic mass is 16.7. The van der Waals surface area contributed by atoms with E-state index in [2.05, 4.69) is 29.3 Å². The first kappa shape index (κ1) is 13.2. The summed E-state index contributed by atoms with van der Waals surface area (Å²) in [5, 5.41) is 3.42. The van der Waals surface area contributed by atoms with Gasteiger partial charge in [0.15, 0.2) is 6.79 Å². The van der Waals surface area contributed by atoms with Gasteiger partial charge in [-0.05, 0) is 43.7 Å². The minimum absolute atomic E-state index is 0.299. The summed E-state index contributed by atoms with van der Waals surface area (Å²) in [5.74, 6) is 0.897. The lowest BCUT2D eigenvalue weighted by Gasteiger charge is -2.23. The molecule has 0 unspecified atom stereocenters. The molecule has 1 N–H and O–H groups in total. The zero-order chi connectivity index (χ0) is 12.8. The van der Waals surface area contributed by atoms with Gasteiger partial charge in [-0.3, -0.25) is 0 Å². The molecule has 0 aliphatic carbocycles. The van der Waals surface area contributed by atoms with Gasteiger partial charge in [0.25, 0.3) is 0 Å². The Morgan fingerprint density at radius 1 is 1.28 bits per heavy atom. The third kappa shape index (κ3) is 3.37. The highest BCUT2D eigenvalue weighted by Crippen LogP contribution is 2.24. The lowest BCUT2D eigenvalue weighted by Crippen LogP contribution is -2.27. The summed E-state index contributed by atoms with van der Waals surface area (Å²) < 4.78 is 10.4. The molecule has 1 aromatic rings. The fraction of sp³-hybridized carbons (Fsp3) is 0.571. The lowest BCUT2D eigenvalue weighted by atomic mass is 10.2. The third-order valence-electron chi connectivity index (χ3n) is 3.20. The fourth-order valence-corrected chi connectivity index (χ4v) is 2.22. The van der Waals surface area contributed by atoms with Crippen LogP contribution in [-0.4, -0.2) is 40.1 Å². The van der Waals surface area contributed by atoms with Gasteiger partial charge in [0.1, 0.15) is 5.75 Å². The maximum Gasteiger partial charge on any atom is 0.188 e. The van der Waals surface area contributed by atoms with E-state index in [1.165, 1.54) is 12.1 Å². The van der Waals surface area contributed by atoms with Crippen molar-refractivity contribution in [3.63, 3.8) is 0 Å². The van der Waals surface area contributed by atoms with Crippen LogP contribution < -0.4 is 15.0 Å². The van der Waals surface area contributed by atoms with Crippen LogP contribution in [0.4, 0.5) is 5.69 Å². The van der Waals surface area contributed by atoms with E-state index >= 15 is 0 Å². The molecule has 0 amide bonds. The zero-order valence-electron chi connectivity index (χ0n) is 11.2. The highest BCUT2D eigenvalue weighted by molar-refractivity contribution is 5.53. The minimum atomic E-state index is 0.299. The second kappa shape index (κ2) is 6.61. The second-order valence-corrected chi connectivity index (χ2v) is 4.59. The van der Waals surface area contributed by atoms with Crippen molar-refractivity contribution < 1.29 is 9.47 Å². The van der Waals surface area contributed by atoms with Crippen LogP contribution in [0.2, 0.25) is 0 Å². The quantitative estimate of drug-likeness (QED) is 0.826. The third-order valence-corrected chi connectivity index (χ3v) is 3.20. The molecule has 0 saturated carbocycles. The first-order valence-electron chi connectivity index (χ1n) is 6.49. The van der Waals surface area contributed by atoms with Crippen LogP contribution in [0.1, 0.15) is 12.0 Å². The normalized spacial score (nSPS) is 16.4. The van der Waals surface area contributed by atoms with E-state index in [4.69, 9.17) is 9.47 Å². The van der Waals surface area contributed by atoms with E-state index in [0.29, 0.717) is 6.79 Å². The van der Waals surface area contributed by atoms with Gasteiger partial charge in [-0.1, -0.05) is 0 Å². The minimum Gasteiger partial charge on any atom is -0.467 e. The van der Waals surface area contributed by atoms with Gasteiger partial charge >= 0.3 is 0 Å². The van der Waals surface area contributed by atoms with Gasteiger partial charge in [0.05, 0.1) is 0 Å². The van der Waals surface area contributed by atoms with Gasteiger partial charge in [-0.15, -0.1) is 0 Å². The number of hydrogen-bond acceptors (Lipinski definition) is 4. The summed E-state index contributed by atoms with van der Waals surface area (Å²) in [6, 6.07) is 6.35. The van der Waals surface area contributed by atoms with Crippen molar-refractivity contribution >= 4 is 5.69 Å². The fourth-order valence-electron chi connectivity index (χ4n) is 2.22. The van der Waals surface area contributed by atoms with Crippen molar-refractivity contribution in [3.05, 3.63) is 23.8 Å². The van der Waals surface area contributed by atoms with Crippen LogP contribution in [0.25, 0.3) is 0 Å². The number of rotatable bonds is 4. The predicted octanol–water partition coefficient (Wildman–Crippen LogP) is 1.78. The number of ether oxygens (including phenoxy) is 2. The van der Waals surface area contributed by atoms with Crippen LogP contribution >= 0.6 is 0 Å². The van der Waals surface area contributed by atoms with Gasteiger partial charge in [-0.25, -0.2) is 0 Å². The van der Waals surface area contributed by atoms with Gasteiger partial charge in [-0.2, -0.15) is 0 Å². The molecule has 4 heteroatoms. The van der Waals surface area contributed by atoms with E-state index in [1.807, 2.05) is 6.07 Å². The molecule has 1 aliphatic heterocycles. The molecular weight excluding hydrogens is 228 g/mol. The molecule has 0 radical (unpaired) electrons. The van der Waals surface area contributed by atoms with Gasteiger partial charge < -0.3 is 19.7 Å². The number of anilines is 1. The first-order valence-corrected chi connectivity index (χ1v) is 6.49. The second-order valence-electron chi connectivity index (χ2n) is 4.59. The molecule has 1 fully saturated rings. The van der Waals surface area contributed by atoms with Crippen LogP contribution in [0.15, 0.2) is 18.2 Å². The zero-order valence-corrected chi connectivity index (χ0v) is 11.2. The molecule has 0 aromatic heterocycles. The number of hydrogen-bond donors (Lipinski definition) is 1. The van der Waals surface area contributed by atoms with Crippen molar-refractivity contribution in [2.45, 2.75) is 13.3 Å². The summed E-state index contributed by atoms with van der Waals surface area (Å²) in [4.78, 5) is 2.42. The van der Waals surface area contributed by atoms with E-state index in [-0.39, 0.29) is 0 Å². The Labute approximate surface area is 109 Å². The maximum atomic E-state index is 5.50. The largest absolute Gasteiger partial charge is 0.467 e. The molecule has 1 aromatic carbocycles. The summed E-state index contributed by atoms with van der Waals surface area (Å²) in [6.07, 6.45) is 1.20. The van der Waals surface area contributed by atoms with E-state index in [0.717, 1.165) is 37.5 Å². The average Bonchev–Trinajstić information content (AvgIpc) is 2.66. The van der Waals surface area contributed by atoms with Gasteiger partial charge in [0, 0.05) is 32.4 Å². The average molecular weight is 250 g/mol. The van der Waals surface area contributed by atoms with E-state index in [9.17, 15) is 0 Å². The molecule has 0 spiro atoms. The Morgan fingerprint density at radius 2 is 2.17 bits per heavy atom. The van der Waals surface area contributed by atoms with Crippen molar-refractivity contribution in [1.82, 2.24) is 5.32 Å². The first-order chi connectivity index (χ1) is 8.81. The molecule has 1 heterocycles. The number of nitrogens with zero attached hydrogens (tertiary/aromatic N) is 1. The van der Waals surface area contributed by atoms with Crippen molar-refractivity contribution in [2.75, 3.05) is 45.0 Å². The summed E-state index contributed by atoms with van der Waals surface area (Å²) >= 11 is 0. The molecule has 100 valence electrons. The molecule has 1 saturated heterocycles. The van der Waals surface area contributed by atoms with Crippen molar-refractivity contribution in [3.8, 4) is 5.75 Å². The topological polar surface area (TPSA) is 33.7 Å². The molecule has 1 aliphatic rings. The van der Waals surface area contributed by atoms with Crippen molar-refractivity contribution in [1.29, 1.82) is 0 Å². The standard InChI is InChI=1S/C14H22N2O2/c1-12-10-13(4-5-14(12)18-11-17-2)16-8-3-6-15-7-9-16/h4-5,10,15H,3,6-9,11H2,1-2H3. The molecule has 0 atom stereocenters. The summed E-state index contributed by atoms with van der Waals surface area (Å²) in [5.41, 5.74) is 2.43. The molecule has 4 nitrogen and oxygen atoms in total. The Morgan fingerprint density at radius 3 is 2.94 bits per heavy atom. The number of nitrogens with one attached hydrogen (secondary N) is 1. The lowest BCUT2D eigenvalue weighted by molar-refractivity contribution is 0.0506. The highest BCUT2D eigenvalue weighted by Gasteiger charge is 2.10. The van der Waals surface area contributed by atoms with Crippen LogP contribution in [0.5, 0.6) is 5.75 Å². The molecule has 2 rings (SSSR count). The van der Waals surface area contributed by atoms with Crippen LogP contribution in [0.3, 0.4) is 0 Å². The van der Waals surface area contributed by atoms with Gasteiger partial charge in [0.2, 0.25) is 0 Å². The smallest absolute Gasteiger partial charge is 0.188 e. The van der Waals surface area contributed by atoms with Crippen LogP contribution in [0, 0.1) is 6.92 Å². The Balaban J connectivity index is 2.06. The Kier molecular flexibility index (Phi) is 4.84. The molecule has 18 heavy (non-hydrogen) atoms. The number of benzene rings is 1. The SMILES string of the molecule is COCOc1ccc(N2CCCNCC2)cc1C. The number of aryl methyl sites for hydroxylation is 1. The Bertz CT molecular complexity index is 374. The van der Waals surface area contributed by atoms with E-state index in [1.54, 1.807) is 7.11 Å². The summed E-state index contributed by atoms with van der Waals surface area (Å²) in [6.45, 7) is 6.73. The summed E-state index contributed by atoms with van der Waals surface area (Å²) in [7, 11) is 1.63. The van der Waals surface area contributed by atoms with E-state index < -0.39 is 0 Å². The maximum absolute atomic E-state index is 5.50. The monoisotopic (exact) mass is 250 g/mol. The molecule has 0 bridgehead atoms. The van der Waals surface area contributed by atoms with Crippen LogP contribution in [-0.2, 0) is 4.74 Å². The Hall–Kier alpha value is -1.26. The number of methoxy groups -OCH3 is 1. The predicted molar refractivity (Wildman–Crippen MR) is 73.4 cm³/mol. The van der Waals surface area contributed by atoms with Crippen molar-refractivity contribution in [2.24, 2.45) is 0 Å².